The van der Waals surface area contributed by atoms with Crippen molar-refractivity contribution < 1.29 is 13.2 Å². The van der Waals surface area contributed by atoms with Crippen LogP contribution in [0.15, 0.2) is 53.4 Å². The van der Waals surface area contributed by atoms with E-state index >= 15 is 0 Å². The molecule has 0 saturated carbocycles. The molecule has 0 bridgehead atoms. The molecule has 2 aromatic rings. The molecule has 134 valence electrons. The number of thioether (sulfide) groups is 1. The van der Waals surface area contributed by atoms with Crippen molar-refractivity contribution in [3.05, 3.63) is 59.7 Å². The van der Waals surface area contributed by atoms with Gasteiger partial charge in [-0.2, -0.15) is 16.1 Å². The lowest BCUT2D eigenvalue weighted by atomic mass is 10.0. The molecule has 1 aliphatic rings. The summed E-state index contributed by atoms with van der Waals surface area (Å²) in [6.07, 6.45) is 0.818. The first-order valence-electron chi connectivity index (χ1n) is 8.33. The maximum atomic E-state index is 13.0. The molecule has 0 aromatic heterocycles. The third-order valence-electron chi connectivity index (χ3n) is 4.51. The number of ether oxygens (including phenoxy) is 1. The standard InChI is InChI=1S/C19H23NO3S2/c1-15-6-3-4-9-18(15)19-10-11-20(12-13-24-19)25(21,22)17-8-5-7-16(14-17)23-2/h3-9,14,19H,10-13H2,1-2H3. The van der Waals surface area contributed by atoms with Crippen LogP contribution in [0.4, 0.5) is 0 Å². The van der Waals surface area contributed by atoms with Crippen LogP contribution in [0.1, 0.15) is 22.8 Å². The van der Waals surface area contributed by atoms with E-state index in [9.17, 15) is 8.42 Å². The van der Waals surface area contributed by atoms with Crippen LogP contribution in [0.2, 0.25) is 0 Å². The van der Waals surface area contributed by atoms with Crippen LogP contribution >= 0.6 is 11.8 Å². The summed E-state index contributed by atoms with van der Waals surface area (Å²) in [4.78, 5) is 0.297. The monoisotopic (exact) mass is 377 g/mol. The third-order valence-corrected chi connectivity index (χ3v) is 7.72. The average Bonchev–Trinajstić information content (AvgIpc) is 2.89. The van der Waals surface area contributed by atoms with Gasteiger partial charge < -0.3 is 4.74 Å². The van der Waals surface area contributed by atoms with Crippen LogP contribution in [-0.4, -0.2) is 38.7 Å². The first-order valence-corrected chi connectivity index (χ1v) is 10.8. The fourth-order valence-electron chi connectivity index (χ4n) is 3.10. The zero-order valence-corrected chi connectivity index (χ0v) is 16.1. The molecule has 1 aliphatic heterocycles. The lowest BCUT2D eigenvalue weighted by Crippen LogP contribution is -2.33. The van der Waals surface area contributed by atoms with Gasteiger partial charge in [-0.25, -0.2) is 8.42 Å². The number of benzene rings is 2. The number of hydrogen-bond donors (Lipinski definition) is 0. The molecule has 25 heavy (non-hydrogen) atoms. The highest BCUT2D eigenvalue weighted by Crippen LogP contribution is 2.37. The molecule has 1 atom stereocenters. The van der Waals surface area contributed by atoms with Gasteiger partial charge in [-0.15, -0.1) is 0 Å². The smallest absolute Gasteiger partial charge is 0.243 e. The van der Waals surface area contributed by atoms with E-state index in [2.05, 4.69) is 25.1 Å². The van der Waals surface area contributed by atoms with Crippen LogP contribution in [0, 0.1) is 6.92 Å². The Morgan fingerprint density at radius 3 is 2.68 bits per heavy atom. The fraction of sp³-hybridized carbons (Fsp3) is 0.368. The Hall–Kier alpha value is -1.50. The van der Waals surface area contributed by atoms with Gasteiger partial charge in [0, 0.05) is 30.2 Å². The van der Waals surface area contributed by atoms with Gasteiger partial charge in [-0.3, -0.25) is 0 Å². The minimum absolute atomic E-state index is 0.297. The van der Waals surface area contributed by atoms with Crippen LogP contribution in [0.5, 0.6) is 5.75 Å². The molecule has 0 aliphatic carbocycles. The maximum Gasteiger partial charge on any atom is 0.243 e. The lowest BCUT2D eigenvalue weighted by Gasteiger charge is -2.20. The second kappa shape index (κ2) is 7.81. The zero-order valence-electron chi connectivity index (χ0n) is 14.5. The van der Waals surface area contributed by atoms with E-state index in [1.165, 1.54) is 11.1 Å². The van der Waals surface area contributed by atoms with Gasteiger partial charge in [0.2, 0.25) is 10.0 Å². The highest BCUT2D eigenvalue weighted by atomic mass is 32.2. The van der Waals surface area contributed by atoms with Crippen LogP contribution < -0.4 is 4.74 Å². The molecular weight excluding hydrogens is 354 g/mol. The third kappa shape index (κ3) is 4.02. The highest BCUT2D eigenvalue weighted by Gasteiger charge is 2.29. The van der Waals surface area contributed by atoms with E-state index in [-0.39, 0.29) is 0 Å². The van der Waals surface area contributed by atoms with Crippen molar-refractivity contribution in [2.45, 2.75) is 23.5 Å². The van der Waals surface area contributed by atoms with Gasteiger partial charge in [0.15, 0.2) is 0 Å². The Labute approximate surface area is 154 Å². The summed E-state index contributed by atoms with van der Waals surface area (Å²) in [5.41, 5.74) is 2.58. The molecular formula is C19H23NO3S2. The topological polar surface area (TPSA) is 46.6 Å². The van der Waals surface area contributed by atoms with Crippen molar-refractivity contribution in [3.8, 4) is 5.75 Å². The first kappa shape index (κ1) is 18.3. The number of sulfonamides is 1. The van der Waals surface area contributed by atoms with Crippen molar-refractivity contribution in [1.29, 1.82) is 0 Å². The Morgan fingerprint density at radius 1 is 1.12 bits per heavy atom. The fourth-order valence-corrected chi connectivity index (χ4v) is 6.03. The molecule has 0 radical (unpaired) electrons. The summed E-state index contributed by atoms with van der Waals surface area (Å²) >= 11 is 1.84. The Kier molecular flexibility index (Phi) is 5.71. The normalized spacial score (nSPS) is 19.4. The highest BCUT2D eigenvalue weighted by molar-refractivity contribution is 7.99. The van der Waals surface area contributed by atoms with Gasteiger partial charge in [-0.1, -0.05) is 30.3 Å². The van der Waals surface area contributed by atoms with Crippen molar-refractivity contribution in [3.63, 3.8) is 0 Å². The van der Waals surface area contributed by atoms with Gasteiger partial charge in [-0.05, 0) is 36.6 Å². The van der Waals surface area contributed by atoms with E-state index in [0.717, 1.165) is 12.2 Å². The average molecular weight is 378 g/mol. The molecule has 1 saturated heterocycles. The van der Waals surface area contributed by atoms with E-state index in [1.54, 1.807) is 35.7 Å². The van der Waals surface area contributed by atoms with Crippen LogP contribution in [0.3, 0.4) is 0 Å². The Bertz CT molecular complexity index is 836. The van der Waals surface area contributed by atoms with E-state index in [4.69, 9.17) is 4.74 Å². The maximum absolute atomic E-state index is 13.0. The molecule has 6 heteroatoms. The van der Waals surface area contributed by atoms with Crippen molar-refractivity contribution in [2.24, 2.45) is 0 Å². The molecule has 1 unspecified atom stereocenters. The van der Waals surface area contributed by atoms with Gasteiger partial charge in [0.05, 0.1) is 12.0 Å². The van der Waals surface area contributed by atoms with E-state index < -0.39 is 10.0 Å². The molecule has 3 rings (SSSR count). The lowest BCUT2D eigenvalue weighted by molar-refractivity contribution is 0.410. The molecule has 4 nitrogen and oxygen atoms in total. The van der Waals surface area contributed by atoms with E-state index in [1.807, 2.05) is 17.8 Å². The largest absolute Gasteiger partial charge is 0.497 e. The quantitative estimate of drug-likeness (QED) is 0.811. The second-order valence-electron chi connectivity index (χ2n) is 6.09. The minimum atomic E-state index is -3.49. The number of methoxy groups -OCH3 is 1. The molecule has 2 aromatic carbocycles. The van der Waals surface area contributed by atoms with Crippen molar-refractivity contribution in [1.82, 2.24) is 4.31 Å². The summed E-state index contributed by atoms with van der Waals surface area (Å²) in [5, 5.41) is 0.340. The summed E-state index contributed by atoms with van der Waals surface area (Å²) in [6.45, 7) is 3.18. The van der Waals surface area contributed by atoms with Crippen molar-refractivity contribution >= 4 is 21.8 Å². The minimum Gasteiger partial charge on any atom is -0.497 e. The summed E-state index contributed by atoms with van der Waals surface area (Å²) < 4.78 is 32.7. The SMILES string of the molecule is COc1cccc(S(=O)(=O)N2CCSC(c3ccccc3C)CC2)c1. The van der Waals surface area contributed by atoms with Crippen molar-refractivity contribution in [2.75, 3.05) is 26.0 Å². The van der Waals surface area contributed by atoms with Crippen LogP contribution in [-0.2, 0) is 10.0 Å². The molecule has 0 spiro atoms. The number of hydrogen-bond acceptors (Lipinski definition) is 4. The number of rotatable bonds is 4. The van der Waals surface area contributed by atoms with Gasteiger partial charge >= 0.3 is 0 Å². The predicted octanol–water partition coefficient (Wildman–Crippen LogP) is 3.87. The predicted molar refractivity (Wildman–Crippen MR) is 103 cm³/mol. The summed E-state index contributed by atoms with van der Waals surface area (Å²) in [7, 11) is -1.95. The van der Waals surface area contributed by atoms with Gasteiger partial charge in [0.25, 0.3) is 0 Å². The second-order valence-corrected chi connectivity index (χ2v) is 9.34. The van der Waals surface area contributed by atoms with E-state index in [0.29, 0.717) is 29.0 Å². The molecule has 0 amide bonds. The Balaban J connectivity index is 1.79. The number of aryl methyl sites for hydroxylation is 1. The molecule has 0 N–H and O–H groups in total. The van der Waals surface area contributed by atoms with Crippen LogP contribution in [0.25, 0.3) is 0 Å². The number of nitrogens with zero attached hydrogens (tertiary/aromatic N) is 1. The summed E-state index contributed by atoms with van der Waals surface area (Å²) in [6, 6.07) is 15.1. The summed E-state index contributed by atoms with van der Waals surface area (Å²) in [5.74, 6) is 1.35. The van der Waals surface area contributed by atoms with Gasteiger partial charge in [0.1, 0.15) is 5.75 Å². The molecule has 1 heterocycles. The molecule has 1 fully saturated rings. The first-order chi connectivity index (χ1) is 12.0. The zero-order chi connectivity index (χ0) is 17.9. The Morgan fingerprint density at radius 2 is 1.92 bits per heavy atom.